The molecule has 0 radical (unpaired) electrons. The van der Waals surface area contributed by atoms with E-state index in [9.17, 15) is 0 Å². The molecule has 0 aliphatic carbocycles. The molecule has 0 atom stereocenters. The Morgan fingerprint density at radius 3 is 3.07 bits per heavy atom. The molecular weight excluding hydrogens is 216 g/mol. The summed E-state index contributed by atoms with van der Waals surface area (Å²) >= 11 is 5.94. The Bertz CT molecular complexity index is 457. The minimum atomic E-state index is 0.393. The third-order valence-corrected chi connectivity index (χ3v) is 2.10. The highest BCUT2D eigenvalue weighted by Gasteiger charge is 2.11. The highest BCUT2D eigenvalue weighted by atomic mass is 35.5. The van der Waals surface area contributed by atoms with Gasteiger partial charge in [0.15, 0.2) is 0 Å². The van der Waals surface area contributed by atoms with Crippen LogP contribution < -0.4 is 5.73 Å². The maximum absolute atomic E-state index is 5.94. The Balaban J connectivity index is 2.33. The number of hydrogen-bond acceptors (Lipinski definition) is 5. The van der Waals surface area contributed by atoms with Crippen molar-refractivity contribution in [2.45, 2.75) is 6.42 Å². The summed E-state index contributed by atoms with van der Waals surface area (Å²) in [5, 5.41) is 4.28. The molecule has 2 heterocycles. The van der Waals surface area contributed by atoms with Crippen LogP contribution in [0.2, 0.25) is 5.02 Å². The van der Waals surface area contributed by atoms with E-state index >= 15 is 0 Å². The Morgan fingerprint density at radius 1 is 1.47 bits per heavy atom. The quantitative estimate of drug-likeness (QED) is 0.850. The van der Waals surface area contributed by atoms with E-state index in [1.165, 1.54) is 0 Å². The average Bonchev–Trinajstić information content (AvgIpc) is 2.68. The van der Waals surface area contributed by atoms with Crippen molar-refractivity contribution < 1.29 is 4.52 Å². The first kappa shape index (κ1) is 10.1. The number of rotatable bonds is 3. The van der Waals surface area contributed by atoms with Gasteiger partial charge in [0, 0.05) is 19.2 Å². The maximum Gasteiger partial charge on any atom is 0.228 e. The summed E-state index contributed by atoms with van der Waals surface area (Å²) in [5.41, 5.74) is 5.89. The molecule has 0 aliphatic rings. The molecule has 6 heteroatoms. The van der Waals surface area contributed by atoms with Crippen LogP contribution in [0.25, 0.3) is 11.5 Å². The molecular formula is C9H9ClN4O. The first-order valence-electron chi connectivity index (χ1n) is 4.45. The predicted octanol–water partition coefficient (Wildman–Crippen LogP) is 1.29. The molecule has 2 N–H and O–H groups in total. The van der Waals surface area contributed by atoms with Crippen molar-refractivity contribution in [1.82, 2.24) is 15.1 Å². The fraction of sp³-hybridized carbons (Fsp3) is 0.222. The van der Waals surface area contributed by atoms with Crippen molar-refractivity contribution in [3.8, 4) is 11.5 Å². The van der Waals surface area contributed by atoms with Crippen LogP contribution in [-0.4, -0.2) is 21.7 Å². The van der Waals surface area contributed by atoms with Gasteiger partial charge in [0.2, 0.25) is 11.7 Å². The summed E-state index contributed by atoms with van der Waals surface area (Å²) in [7, 11) is 0. The van der Waals surface area contributed by atoms with Crippen LogP contribution in [0, 0.1) is 0 Å². The van der Waals surface area contributed by atoms with Crippen LogP contribution in [-0.2, 0) is 6.42 Å². The molecule has 0 unspecified atom stereocenters. The van der Waals surface area contributed by atoms with Crippen molar-refractivity contribution >= 4 is 11.6 Å². The van der Waals surface area contributed by atoms with Crippen LogP contribution in [0.5, 0.6) is 0 Å². The van der Waals surface area contributed by atoms with Crippen LogP contribution >= 0.6 is 11.6 Å². The topological polar surface area (TPSA) is 77.8 Å². The number of pyridine rings is 1. The molecule has 78 valence electrons. The standard InChI is InChI=1S/C9H9ClN4O/c10-6-2-1-5-12-8(6)9-13-7(3-4-11)15-14-9/h1-2,5H,3-4,11H2. The molecule has 0 aliphatic heterocycles. The summed E-state index contributed by atoms with van der Waals surface area (Å²) in [4.78, 5) is 8.20. The van der Waals surface area contributed by atoms with Crippen LogP contribution in [0.3, 0.4) is 0 Å². The Morgan fingerprint density at radius 2 is 2.33 bits per heavy atom. The lowest BCUT2D eigenvalue weighted by Crippen LogP contribution is -2.02. The monoisotopic (exact) mass is 224 g/mol. The Labute approximate surface area is 91.3 Å². The molecule has 0 fully saturated rings. The van der Waals surface area contributed by atoms with Crippen molar-refractivity contribution in [3.63, 3.8) is 0 Å². The lowest BCUT2D eigenvalue weighted by atomic mass is 10.3. The van der Waals surface area contributed by atoms with Crippen molar-refractivity contribution in [2.24, 2.45) is 5.73 Å². The SMILES string of the molecule is NCCc1nc(-c2ncccc2Cl)no1. The predicted molar refractivity (Wildman–Crippen MR) is 55.3 cm³/mol. The van der Waals surface area contributed by atoms with E-state index in [4.69, 9.17) is 21.9 Å². The van der Waals surface area contributed by atoms with Gasteiger partial charge in [-0.3, -0.25) is 4.98 Å². The fourth-order valence-corrected chi connectivity index (χ4v) is 1.33. The third-order valence-electron chi connectivity index (χ3n) is 1.80. The summed E-state index contributed by atoms with van der Waals surface area (Å²) < 4.78 is 4.97. The Hall–Kier alpha value is -1.46. The van der Waals surface area contributed by atoms with Gasteiger partial charge in [0.05, 0.1) is 5.02 Å². The first-order chi connectivity index (χ1) is 7.31. The normalized spacial score (nSPS) is 10.5. The molecule has 15 heavy (non-hydrogen) atoms. The van der Waals surface area contributed by atoms with E-state index in [2.05, 4.69) is 15.1 Å². The number of nitrogens with zero attached hydrogens (tertiary/aromatic N) is 3. The molecule has 0 aromatic carbocycles. The first-order valence-corrected chi connectivity index (χ1v) is 4.82. The average molecular weight is 225 g/mol. The molecule has 2 rings (SSSR count). The smallest absolute Gasteiger partial charge is 0.228 e. The summed E-state index contributed by atoms with van der Waals surface area (Å²) in [6, 6.07) is 3.47. The van der Waals surface area contributed by atoms with E-state index < -0.39 is 0 Å². The van der Waals surface area contributed by atoms with Gasteiger partial charge in [-0.15, -0.1) is 0 Å². The number of hydrogen-bond donors (Lipinski definition) is 1. The zero-order chi connectivity index (χ0) is 10.7. The minimum absolute atomic E-state index is 0.393. The number of nitrogens with two attached hydrogens (primary N) is 1. The van der Waals surface area contributed by atoms with E-state index in [1.807, 2.05) is 0 Å². The van der Waals surface area contributed by atoms with Gasteiger partial charge in [0.25, 0.3) is 0 Å². The van der Waals surface area contributed by atoms with Gasteiger partial charge in [-0.2, -0.15) is 4.98 Å². The fourth-order valence-electron chi connectivity index (χ4n) is 1.13. The lowest BCUT2D eigenvalue weighted by molar-refractivity contribution is 0.380. The van der Waals surface area contributed by atoms with Gasteiger partial charge in [-0.1, -0.05) is 16.8 Å². The number of aromatic nitrogens is 3. The molecule has 0 saturated heterocycles. The summed E-state index contributed by atoms with van der Waals surface area (Å²) in [6.07, 6.45) is 2.18. The zero-order valence-electron chi connectivity index (χ0n) is 7.85. The van der Waals surface area contributed by atoms with Gasteiger partial charge in [0.1, 0.15) is 5.69 Å². The zero-order valence-corrected chi connectivity index (χ0v) is 8.61. The molecule has 0 saturated carbocycles. The Kier molecular flexibility index (Phi) is 2.94. The van der Waals surface area contributed by atoms with Crippen LogP contribution in [0.15, 0.2) is 22.9 Å². The third kappa shape index (κ3) is 2.14. The van der Waals surface area contributed by atoms with Crippen LogP contribution in [0.4, 0.5) is 0 Å². The van der Waals surface area contributed by atoms with Gasteiger partial charge in [-0.05, 0) is 12.1 Å². The van der Waals surface area contributed by atoms with Crippen molar-refractivity contribution in [3.05, 3.63) is 29.2 Å². The van der Waals surface area contributed by atoms with Crippen LogP contribution in [0.1, 0.15) is 5.89 Å². The second-order valence-corrected chi connectivity index (χ2v) is 3.29. The van der Waals surface area contributed by atoms with Crippen molar-refractivity contribution in [1.29, 1.82) is 0 Å². The molecule has 0 spiro atoms. The molecule has 2 aromatic heterocycles. The largest absolute Gasteiger partial charge is 0.339 e. The van der Waals surface area contributed by atoms with E-state index in [0.29, 0.717) is 35.4 Å². The summed E-state index contributed by atoms with van der Waals surface area (Å²) in [5.74, 6) is 0.887. The van der Waals surface area contributed by atoms with Gasteiger partial charge >= 0.3 is 0 Å². The molecule has 5 nitrogen and oxygen atoms in total. The highest BCUT2D eigenvalue weighted by molar-refractivity contribution is 6.32. The van der Waals surface area contributed by atoms with Gasteiger partial charge < -0.3 is 10.3 Å². The van der Waals surface area contributed by atoms with Gasteiger partial charge in [-0.25, -0.2) is 0 Å². The number of halogens is 1. The maximum atomic E-state index is 5.94. The minimum Gasteiger partial charge on any atom is -0.339 e. The summed E-state index contributed by atoms with van der Waals surface area (Å²) in [6.45, 7) is 0.470. The second kappa shape index (κ2) is 4.37. The highest BCUT2D eigenvalue weighted by Crippen LogP contribution is 2.22. The molecule has 0 bridgehead atoms. The van der Waals surface area contributed by atoms with Crippen molar-refractivity contribution in [2.75, 3.05) is 6.54 Å². The molecule has 0 amide bonds. The second-order valence-electron chi connectivity index (χ2n) is 2.88. The molecule has 2 aromatic rings. The lowest BCUT2D eigenvalue weighted by Gasteiger charge is -1.94. The van der Waals surface area contributed by atoms with E-state index in [-0.39, 0.29) is 0 Å². The van der Waals surface area contributed by atoms with E-state index in [0.717, 1.165) is 0 Å². The van der Waals surface area contributed by atoms with E-state index in [1.54, 1.807) is 18.3 Å².